The summed E-state index contributed by atoms with van der Waals surface area (Å²) in [7, 11) is 1.27. The normalized spacial score (nSPS) is 12.4. The maximum Gasteiger partial charge on any atom is 0.411 e. The fourth-order valence-corrected chi connectivity index (χ4v) is 4.84. The third-order valence-electron chi connectivity index (χ3n) is 6.91. The first-order valence-electron chi connectivity index (χ1n) is 14.0. The molecule has 2 aromatic heterocycles. The van der Waals surface area contributed by atoms with E-state index in [1.807, 2.05) is 30.3 Å². The van der Waals surface area contributed by atoms with Crippen LogP contribution in [0.5, 0.6) is 0 Å². The molecule has 0 aliphatic rings. The van der Waals surface area contributed by atoms with E-state index in [0.717, 1.165) is 5.56 Å². The van der Waals surface area contributed by atoms with Gasteiger partial charge in [0.25, 0.3) is 0 Å². The van der Waals surface area contributed by atoms with Gasteiger partial charge in [0.1, 0.15) is 18.1 Å². The number of aliphatic hydroxyl groups excluding tert-OH is 2. The predicted molar refractivity (Wildman–Crippen MR) is 170 cm³/mol. The minimum atomic E-state index is -1.30. The fourth-order valence-electron chi connectivity index (χ4n) is 4.66. The maximum absolute atomic E-state index is 13.4. The van der Waals surface area contributed by atoms with Crippen LogP contribution in [0.25, 0.3) is 22.9 Å². The highest BCUT2D eigenvalue weighted by Crippen LogP contribution is 2.30. The van der Waals surface area contributed by atoms with E-state index in [4.69, 9.17) is 11.6 Å². The molecular formula is C32H29ClN8O5. The van der Waals surface area contributed by atoms with Crippen LogP contribution < -0.4 is 10.6 Å². The second-order valence-corrected chi connectivity index (χ2v) is 10.4. The van der Waals surface area contributed by atoms with E-state index in [2.05, 4.69) is 41.1 Å². The van der Waals surface area contributed by atoms with Crippen molar-refractivity contribution in [2.75, 3.05) is 19.0 Å². The second-order valence-electron chi connectivity index (χ2n) is 10.0. The Bertz CT molecular complexity index is 1820. The topological polar surface area (TPSA) is 177 Å². The lowest BCUT2D eigenvalue weighted by atomic mass is 9.97. The summed E-state index contributed by atoms with van der Waals surface area (Å²) in [6.45, 7) is -0.575. The molecule has 2 amide bonds. The Balaban J connectivity index is 1.48. The summed E-state index contributed by atoms with van der Waals surface area (Å²) >= 11 is 6.23. The van der Waals surface area contributed by atoms with Crippen LogP contribution in [0.1, 0.15) is 34.7 Å². The van der Waals surface area contributed by atoms with Crippen LogP contribution in [0.4, 0.5) is 10.5 Å². The number of methoxy groups -OCH3 is 1. The smallest absolute Gasteiger partial charge is 0.411 e. The number of rotatable bonds is 11. The van der Waals surface area contributed by atoms with Crippen molar-refractivity contribution in [3.63, 3.8) is 0 Å². The van der Waals surface area contributed by atoms with Crippen molar-refractivity contribution in [2.24, 2.45) is 0 Å². The first-order valence-corrected chi connectivity index (χ1v) is 14.4. The van der Waals surface area contributed by atoms with Crippen molar-refractivity contribution in [1.29, 1.82) is 0 Å². The number of carbonyl (C=O) groups is 2. The van der Waals surface area contributed by atoms with Crippen LogP contribution >= 0.6 is 11.6 Å². The summed E-state index contributed by atoms with van der Waals surface area (Å²) < 4.78 is 6.11. The molecule has 5 aromatic rings. The molecule has 2 atom stereocenters. The van der Waals surface area contributed by atoms with Crippen LogP contribution in [0.2, 0.25) is 5.02 Å². The van der Waals surface area contributed by atoms with Gasteiger partial charge in [-0.1, -0.05) is 54.1 Å². The van der Waals surface area contributed by atoms with Gasteiger partial charge in [-0.05, 0) is 70.4 Å². The van der Waals surface area contributed by atoms with Gasteiger partial charge in [-0.15, -0.1) is 5.10 Å². The van der Waals surface area contributed by atoms with Gasteiger partial charge in [-0.2, -0.15) is 14.9 Å². The molecule has 0 saturated heterocycles. The number of amides is 2. The SMILES string of the molecule is COC(=O)Nc1ccc(-c2cc(C(Cc3ccccc3)NC(=O)C=Cc3cc(Cl)ccc3-n3cnnn3)nnc2C(O)CO)cc1. The van der Waals surface area contributed by atoms with E-state index in [9.17, 15) is 19.8 Å². The fraction of sp³-hybridized carbons (Fsp3) is 0.156. The summed E-state index contributed by atoms with van der Waals surface area (Å²) in [5.41, 5.74) is 4.37. The summed E-state index contributed by atoms with van der Waals surface area (Å²) in [5, 5.41) is 46.2. The standard InChI is InChI=1S/C32H29ClN8O5/c1-46-32(45)35-24-11-7-21(8-12-24)25-17-27(37-38-31(25)29(43)18-42)26(15-20-5-3-2-4-6-20)36-30(44)14-9-22-16-23(33)10-13-28(22)41-19-34-39-40-41/h2-14,16-17,19,26,29,42-43H,15,18H2,1H3,(H,35,45)(H,36,44). The molecule has 0 aliphatic carbocycles. The first-order chi connectivity index (χ1) is 22.3. The molecular weight excluding hydrogens is 612 g/mol. The van der Waals surface area contributed by atoms with E-state index >= 15 is 0 Å². The number of hydrogen-bond acceptors (Lipinski definition) is 10. The van der Waals surface area contributed by atoms with Crippen molar-refractivity contribution in [2.45, 2.75) is 18.6 Å². The number of halogens is 1. The Labute approximate surface area is 268 Å². The van der Waals surface area contributed by atoms with Crippen LogP contribution in [0.3, 0.4) is 0 Å². The van der Waals surface area contributed by atoms with Crippen LogP contribution in [0, 0.1) is 0 Å². The zero-order valence-corrected chi connectivity index (χ0v) is 25.2. The zero-order valence-electron chi connectivity index (χ0n) is 24.5. The second kappa shape index (κ2) is 15.0. The first kappa shape index (κ1) is 31.9. The molecule has 2 heterocycles. The highest BCUT2D eigenvalue weighted by atomic mass is 35.5. The zero-order chi connectivity index (χ0) is 32.5. The van der Waals surface area contributed by atoms with Gasteiger partial charge in [-0.25, -0.2) is 4.79 Å². The minimum absolute atomic E-state index is 0.153. The summed E-state index contributed by atoms with van der Waals surface area (Å²) in [6, 6.07) is 22.5. The van der Waals surface area contributed by atoms with Crippen molar-refractivity contribution in [1.82, 2.24) is 35.7 Å². The Hall–Kier alpha value is -5.50. The van der Waals surface area contributed by atoms with Gasteiger partial charge in [0.2, 0.25) is 5.91 Å². The van der Waals surface area contributed by atoms with Crippen molar-refractivity contribution in [3.8, 4) is 16.8 Å². The number of aliphatic hydroxyl groups is 2. The van der Waals surface area contributed by atoms with Gasteiger partial charge in [-0.3, -0.25) is 10.1 Å². The molecule has 4 N–H and O–H groups in total. The van der Waals surface area contributed by atoms with Crippen LogP contribution in [-0.4, -0.2) is 66.3 Å². The van der Waals surface area contributed by atoms with Crippen molar-refractivity contribution < 1.29 is 24.5 Å². The number of tetrazole rings is 1. The number of anilines is 1. The average Bonchev–Trinajstić information content (AvgIpc) is 3.62. The van der Waals surface area contributed by atoms with E-state index in [1.54, 1.807) is 54.6 Å². The molecule has 0 spiro atoms. The lowest BCUT2D eigenvalue weighted by Gasteiger charge is -2.20. The summed E-state index contributed by atoms with van der Waals surface area (Å²) in [5.74, 6) is -0.412. The predicted octanol–water partition coefficient (Wildman–Crippen LogP) is 4.09. The number of hydrogen-bond donors (Lipinski definition) is 4. The molecule has 0 radical (unpaired) electrons. The maximum atomic E-state index is 13.4. The van der Waals surface area contributed by atoms with E-state index in [-0.39, 0.29) is 5.69 Å². The van der Waals surface area contributed by atoms with Gasteiger partial charge < -0.3 is 20.3 Å². The van der Waals surface area contributed by atoms with Crippen LogP contribution in [0.15, 0.2) is 91.3 Å². The Morgan fingerprint density at radius 2 is 1.83 bits per heavy atom. The van der Waals surface area contributed by atoms with E-state index < -0.39 is 30.8 Å². The lowest BCUT2D eigenvalue weighted by Crippen LogP contribution is -2.29. The molecule has 0 aliphatic heterocycles. The molecule has 0 bridgehead atoms. The average molecular weight is 641 g/mol. The van der Waals surface area contributed by atoms with Gasteiger partial charge >= 0.3 is 6.09 Å². The highest BCUT2D eigenvalue weighted by molar-refractivity contribution is 6.30. The number of nitrogens with zero attached hydrogens (tertiary/aromatic N) is 6. The lowest BCUT2D eigenvalue weighted by molar-refractivity contribution is -0.117. The Kier molecular flexibility index (Phi) is 10.4. The summed E-state index contributed by atoms with van der Waals surface area (Å²) in [6.07, 6.45) is 2.88. The Morgan fingerprint density at radius 1 is 1.04 bits per heavy atom. The van der Waals surface area contributed by atoms with Gasteiger partial charge in [0.15, 0.2) is 0 Å². The molecule has 0 fully saturated rings. The molecule has 234 valence electrons. The number of ether oxygens (including phenoxy) is 1. The van der Waals surface area contributed by atoms with Crippen LogP contribution in [-0.2, 0) is 16.0 Å². The van der Waals surface area contributed by atoms with Gasteiger partial charge in [0.05, 0.1) is 31.1 Å². The molecule has 3 aromatic carbocycles. The number of carbonyl (C=O) groups excluding carboxylic acids is 2. The molecule has 5 rings (SSSR count). The largest absolute Gasteiger partial charge is 0.453 e. The molecule has 14 heteroatoms. The number of aromatic nitrogens is 6. The molecule has 0 saturated carbocycles. The third kappa shape index (κ3) is 7.95. The van der Waals surface area contributed by atoms with Gasteiger partial charge in [0, 0.05) is 27.9 Å². The monoisotopic (exact) mass is 640 g/mol. The Morgan fingerprint density at radius 3 is 2.52 bits per heavy atom. The number of benzene rings is 3. The quantitative estimate of drug-likeness (QED) is 0.154. The van der Waals surface area contributed by atoms with Crippen molar-refractivity contribution >= 4 is 35.4 Å². The van der Waals surface area contributed by atoms with E-state index in [1.165, 1.54) is 24.2 Å². The molecule has 2 unspecified atom stereocenters. The third-order valence-corrected chi connectivity index (χ3v) is 7.15. The minimum Gasteiger partial charge on any atom is -0.453 e. The molecule has 13 nitrogen and oxygen atoms in total. The number of nitrogens with one attached hydrogen (secondary N) is 2. The highest BCUT2D eigenvalue weighted by Gasteiger charge is 2.22. The summed E-state index contributed by atoms with van der Waals surface area (Å²) in [4.78, 5) is 25.0. The van der Waals surface area contributed by atoms with Crippen molar-refractivity contribution in [3.05, 3.63) is 119 Å². The molecule has 46 heavy (non-hydrogen) atoms. The van der Waals surface area contributed by atoms with E-state index in [0.29, 0.717) is 45.2 Å².